The van der Waals surface area contributed by atoms with Crippen LogP contribution in [-0.2, 0) is 22.5 Å². The second kappa shape index (κ2) is 6.56. The summed E-state index contributed by atoms with van der Waals surface area (Å²) in [6.45, 7) is 3.24. The van der Waals surface area contributed by atoms with Gasteiger partial charge in [0.05, 0.1) is 24.9 Å². The molecule has 1 heterocycles. The summed E-state index contributed by atoms with van der Waals surface area (Å²) in [5, 5.41) is 0. The minimum absolute atomic E-state index is 0.0529. The highest BCUT2D eigenvalue weighted by molar-refractivity contribution is 5.72. The van der Waals surface area contributed by atoms with Gasteiger partial charge >= 0.3 is 12.3 Å². The van der Waals surface area contributed by atoms with Crippen molar-refractivity contribution >= 4 is 5.97 Å². The summed E-state index contributed by atoms with van der Waals surface area (Å²) in [6, 6.07) is 0. The van der Waals surface area contributed by atoms with Gasteiger partial charge in [0.2, 0.25) is 0 Å². The van der Waals surface area contributed by atoms with Crippen LogP contribution in [0.2, 0.25) is 0 Å². The van der Waals surface area contributed by atoms with Gasteiger partial charge in [-0.25, -0.2) is 0 Å². The van der Waals surface area contributed by atoms with E-state index in [0.717, 1.165) is 6.20 Å². The summed E-state index contributed by atoms with van der Waals surface area (Å²) in [5.41, 5.74) is 6.35. The predicted octanol–water partition coefficient (Wildman–Crippen LogP) is 1.85. The predicted molar refractivity (Wildman–Crippen MR) is 63.9 cm³/mol. The van der Waals surface area contributed by atoms with E-state index in [2.05, 4.69) is 9.72 Å². The number of hydrogen-bond acceptors (Lipinski definition) is 5. The number of alkyl halides is 3. The van der Waals surface area contributed by atoms with Crippen molar-refractivity contribution in [3.8, 4) is 5.75 Å². The summed E-state index contributed by atoms with van der Waals surface area (Å²) in [5.74, 6) is -0.941. The normalized spacial score (nSPS) is 11.3. The molecule has 1 aromatic rings. The van der Waals surface area contributed by atoms with Crippen LogP contribution >= 0.6 is 0 Å². The summed E-state index contributed by atoms with van der Waals surface area (Å²) in [4.78, 5) is 15.2. The van der Waals surface area contributed by atoms with Gasteiger partial charge in [-0.3, -0.25) is 9.78 Å². The van der Waals surface area contributed by atoms with Gasteiger partial charge in [0, 0.05) is 6.54 Å². The minimum Gasteiger partial charge on any atom is -0.466 e. The van der Waals surface area contributed by atoms with E-state index in [9.17, 15) is 18.0 Å². The lowest BCUT2D eigenvalue weighted by molar-refractivity contribution is -0.275. The maximum atomic E-state index is 12.2. The number of ether oxygens (including phenoxy) is 2. The van der Waals surface area contributed by atoms with Gasteiger partial charge in [-0.05, 0) is 25.0 Å². The number of esters is 1. The lowest BCUT2D eigenvalue weighted by atomic mass is 10.0. The van der Waals surface area contributed by atoms with Crippen molar-refractivity contribution in [2.75, 3.05) is 6.61 Å². The molecule has 1 rings (SSSR count). The Morgan fingerprint density at radius 2 is 2.10 bits per heavy atom. The van der Waals surface area contributed by atoms with Gasteiger partial charge in [-0.15, -0.1) is 13.2 Å². The van der Waals surface area contributed by atoms with Crippen LogP contribution in [-0.4, -0.2) is 23.9 Å². The standard InChI is InChI=1S/C12H15F3N2O3/c1-3-19-11(18)4-9-8(5-16)7(2)10(6-17-9)20-12(13,14)15/h6H,3-5,16H2,1-2H3. The van der Waals surface area contributed by atoms with Crippen LogP contribution in [0, 0.1) is 6.92 Å². The molecule has 0 aliphatic heterocycles. The zero-order valence-electron chi connectivity index (χ0n) is 11.1. The Bertz CT molecular complexity index is 490. The number of nitrogens with zero attached hydrogens (tertiary/aromatic N) is 1. The lowest BCUT2D eigenvalue weighted by Crippen LogP contribution is -2.20. The number of carbonyl (C=O) groups excluding carboxylic acids is 1. The third-order valence-electron chi connectivity index (χ3n) is 2.56. The number of aromatic nitrogens is 1. The Balaban J connectivity index is 3.05. The molecule has 0 amide bonds. The highest BCUT2D eigenvalue weighted by atomic mass is 19.4. The first-order valence-electron chi connectivity index (χ1n) is 5.87. The van der Waals surface area contributed by atoms with E-state index in [-0.39, 0.29) is 30.8 Å². The number of halogens is 3. The molecule has 2 N–H and O–H groups in total. The van der Waals surface area contributed by atoms with E-state index in [1.165, 1.54) is 6.92 Å². The van der Waals surface area contributed by atoms with Crippen molar-refractivity contribution in [3.63, 3.8) is 0 Å². The summed E-state index contributed by atoms with van der Waals surface area (Å²) < 4.78 is 45.3. The fraction of sp³-hybridized carbons (Fsp3) is 0.500. The third kappa shape index (κ3) is 4.37. The van der Waals surface area contributed by atoms with Crippen LogP contribution in [0.5, 0.6) is 5.75 Å². The number of pyridine rings is 1. The maximum absolute atomic E-state index is 12.2. The highest BCUT2D eigenvalue weighted by Crippen LogP contribution is 2.28. The smallest absolute Gasteiger partial charge is 0.466 e. The molecule has 8 heteroatoms. The molecular weight excluding hydrogens is 277 g/mol. The molecular formula is C12H15F3N2O3. The summed E-state index contributed by atoms with van der Waals surface area (Å²) in [7, 11) is 0. The van der Waals surface area contributed by atoms with Crippen LogP contribution < -0.4 is 10.5 Å². The number of nitrogens with two attached hydrogens (primary N) is 1. The average Bonchev–Trinajstić information content (AvgIpc) is 2.32. The van der Waals surface area contributed by atoms with Crippen molar-refractivity contribution in [3.05, 3.63) is 23.0 Å². The van der Waals surface area contributed by atoms with E-state index < -0.39 is 18.1 Å². The Morgan fingerprint density at radius 3 is 2.60 bits per heavy atom. The van der Waals surface area contributed by atoms with Crippen molar-refractivity contribution in [2.24, 2.45) is 5.73 Å². The van der Waals surface area contributed by atoms with Crippen LogP contribution in [0.1, 0.15) is 23.7 Å². The first-order valence-corrected chi connectivity index (χ1v) is 5.87. The molecule has 0 aliphatic carbocycles. The zero-order valence-corrected chi connectivity index (χ0v) is 11.1. The van der Waals surface area contributed by atoms with Gasteiger partial charge in [-0.2, -0.15) is 0 Å². The molecule has 0 aliphatic rings. The van der Waals surface area contributed by atoms with E-state index >= 15 is 0 Å². The number of rotatable bonds is 5. The minimum atomic E-state index is -4.80. The second-order valence-corrected chi connectivity index (χ2v) is 3.91. The fourth-order valence-electron chi connectivity index (χ4n) is 1.68. The lowest BCUT2D eigenvalue weighted by Gasteiger charge is -2.15. The molecule has 0 atom stereocenters. The van der Waals surface area contributed by atoms with E-state index in [1.54, 1.807) is 6.92 Å². The topological polar surface area (TPSA) is 74.4 Å². The van der Waals surface area contributed by atoms with Gasteiger partial charge in [0.25, 0.3) is 0 Å². The summed E-state index contributed by atoms with van der Waals surface area (Å²) >= 11 is 0. The van der Waals surface area contributed by atoms with Crippen LogP contribution in [0.15, 0.2) is 6.20 Å². The average molecular weight is 292 g/mol. The molecule has 0 bridgehead atoms. The van der Waals surface area contributed by atoms with Crippen molar-refractivity contribution in [1.82, 2.24) is 4.98 Å². The Labute approximate surface area is 113 Å². The van der Waals surface area contributed by atoms with E-state index in [1.807, 2.05) is 0 Å². The summed E-state index contributed by atoms with van der Waals surface area (Å²) in [6.07, 6.45) is -4.02. The highest BCUT2D eigenvalue weighted by Gasteiger charge is 2.32. The quantitative estimate of drug-likeness (QED) is 0.838. The molecule has 0 fully saturated rings. The van der Waals surface area contributed by atoms with Crippen molar-refractivity contribution in [2.45, 2.75) is 33.2 Å². The third-order valence-corrected chi connectivity index (χ3v) is 2.56. The molecule has 1 aromatic heterocycles. The second-order valence-electron chi connectivity index (χ2n) is 3.91. The van der Waals surface area contributed by atoms with E-state index in [4.69, 9.17) is 10.5 Å². The molecule has 0 saturated carbocycles. The molecule has 0 unspecified atom stereocenters. The van der Waals surface area contributed by atoms with E-state index in [0.29, 0.717) is 5.56 Å². The number of hydrogen-bond donors (Lipinski definition) is 1. The van der Waals surface area contributed by atoms with Gasteiger partial charge in [-0.1, -0.05) is 0 Å². The largest absolute Gasteiger partial charge is 0.573 e. The zero-order chi connectivity index (χ0) is 15.3. The fourth-order valence-corrected chi connectivity index (χ4v) is 1.68. The maximum Gasteiger partial charge on any atom is 0.573 e. The SMILES string of the molecule is CCOC(=O)Cc1ncc(OC(F)(F)F)c(C)c1CN. The first-order chi connectivity index (χ1) is 9.28. The van der Waals surface area contributed by atoms with Crippen LogP contribution in [0.3, 0.4) is 0 Å². The molecule has 112 valence electrons. The van der Waals surface area contributed by atoms with Crippen molar-refractivity contribution < 1.29 is 27.4 Å². The van der Waals surface area contributed by atoms with Crippen LogP contribution in [0.4, 0.5) is 13.2 Å². The molecule has 0 spiro atoms. The Morgan fingerprint density at radius 1 is 1.45 bits per heavy atom. The number of carbonyl (C=O) groups is 1. The Kier molecular flexibility index (Phi) is 5.32. The molecule has 20 heavy (non-hydrogen) atoms. The Hall–Kier alpha value is -1.83. The molecule has 0 saturated heterocycles. The van der Waals surface area contributed by atoms with Gasteiger partial charge < -0.3 is 15.2 Å². The first kappa shape index (κ1) is 16.2. The molecule has 0 aromatic carbocycles. The van der Waals surface area contributed by atoms with Crippen molar-refractivity contribution in [1.29, 1.82) is 0 Å². The van der Waals surface area contributed by atoms with Crippen LogP contribution in [0.25, 0.3) is 0 Å². The monoisotopic (exact) mass is 292 g/mol. The molecule has 0 radical (unpaired) electrons. The molecule has 5 nitrogen and oxygen atoms in total. The van der Waals surface area contributed by atoms with Gasteiger partial charge in [0.15, 0.2) is 5.75 Å². The van der Waals surface area contributed by atoms with Gasteiger partial charge in [0.1, 0.15) is 0 Å².